The number of methoxy groups -OCH3 is 1. The molecule has 10 nitrogen and oxygen atoms in total. The highest BCUT2D eigenvalue weighted by molar-refractivity contribution is 4.90. The molecule has 25 heavy (non-hydrogen) atoms. The molecule has 10 heteroatoms. The molecule has 150 valence electrons. The summed E-state index contributed by atoms with van der Waals surface area (Å²) in [6, 6.07) is 0. The van der Waals surface area contributed by atoms with Gasteiger partial charge in [0.15, 0.2) is 12.6 Å². The Hall–Kier alpha value is -0.400. The largest absolute Gasteiger partial charge is 0.396 e. The van der Waals surface area contributed by atoms with Crippen LogP contribution >= 0.6 is 0 Å². The molecule has 0 saturated carbocycles. The van der Waals surface area contributed by atoms with E-state index in [9.17, 15) is 30.6 Å². The molecule has 0 spiro atoms. The summed E-state index contributed by atoms with van der Waals surface area (Å²) in [6.45, 7) is 1.61. The van der Waals surface area contributed by atoms with Crippen LogP contribution in [0, 0.1) is 5.41 Å². The highest BCUT2D eigenvalue weighted by Gasteiger charge is 2.46. The first kappa shape index (κ1) is 22.6. The van der Waals surface area contributed by atoms with Crippen LogP contribution in [0.4, 0.5) is 0 Å². The van der Waals surface area contributed by atoms with Crippen molar-refractivity contribution in [2.75, 3.05) is 33.5 Å². The average Bonchev–Trinajstić information content (AvgIpc) is 2.61. The number of ether oxygens (including phenoxy) is 4. The van der Waals surface area contributed by atoms with Gasteiger partial charge < -0.3 is 49.6 Å². The molecule has 1 fully saturated rings. The predicted molar refractivity (Wildman–Crippen MR) is 83.3 cm³/mol. The molecule has 1 aliphatic heterocycles. The van der Waals surface area contributed by atoms with Crippen molar-refractivity contribution in [2.24, 2.45) is 5.41 Å². The molecular weight excluding hydrogens is 340 g/mol. The second-order valence-electron chi connectivity index (χ2n) is 6.59. The van der Waals surface area contributed by atoms with E-state index in [0.717, 1.165) is 0 Å². The van der Waals surface area contributed by atoms with Gasteiger partial charge in [0, 0.05) is 12.5 Å². The molecule has 1 aliphatic rings. The van der Waals surface area contributed by atoms with Gasteiger partial charge in [0.05, 0.1) is 26.4 Å². The van der Waals surface area contributed by atoms with Crippen molar-refractivity contribution in [3.8, 4) is 0 Å². The Labute approximate surface area is 146 Å². The Morgan fingerprint density at radius 2 is 1.72 bits per heavy atom. The third-order valence-corrected chi connectivity index (χ3v) is 4.10. The zero-order valence-corrected chi connectivity index (χ0v) is 14.7. The molecule has 6 N–H and O–H groups in total. The first-order valence-corrected chi connectivity index (χ1v) is 8.05. The lowest BCUT2D eigenvalue weighted by Crippen LogP contribution is -2.61. The van der Waals surface area contributed by atoms with Crippen LogP contribution in [0.5, 0.6) is 0 Å². The van der Waals surface area contributed by atoms with E-state index in [4.69, 9.17) is 18.9 Å². The van der Waals surface area contributed by atoms with Gasteiger partial charge in [-0.3, -0.25) is 0 Å². The lowest BCUT2D eigenvalue weighted by atomic mass is 9.94. The highest BCUT2D eigenvalue weighted by Crippen LogP contribution is 2.26. The van der Waals surface area contributed by atoms with Crippen LogP contribution in [0.1, 0.15) is 13.8 Å². The Balaban J connectivity index is 2.81. The molecule has 0 radical (unpaired) electrons. The van der Waals surface area contributed by atoms with Gasteiger partial charge in [0.2, 0.25) is 0 Å². The number of rotatable bonds is 10. The van der Waals surface area contributed by atoms with E-state index in [0.29, 0.717) is 0 Å². The third-order valence-electron chi connectivity index (χ3n) is 4.10. The van der Waals surface area contributed by atoms with Gasteiger partial charge in [-0.05, 0) is 6.92 Å². The maximum absolute atomic E-state index is 10.2. The van der Waals surface area contributed by atoms with Crippen molar-refractivity contribution < 1.29 is 49.6 Å². The molecule has 0 amide bonds. The van der Waals surface area contributed by atoms with Gasteiger partial charge in [-0.25, -0.2) is 0 Å². The molecule has 0 bridgehead atoms. The van der Waals surface area contributed by atoms with Crippen molar-refractivity contribution in [2.45, 2.75) is 56.9 Å². The average molecular weight is 370 g/mol. The summed E-state index contributed by atoms with van der Waals surface area (Å²) in [4.78, 5) is 0. The van der Waals surface area contributed by atoms with E-state index in [1.165, 1.54) is 14.0 Å². The highest BCUT2D eigenvalue weighted by atomic mass is 16.7. The van der Waals surface area contributed by atoms with E-state index >= 15 is 0 Å². The zero-order valence-electron chi connectivity index (χ0n) is 14.7. The fraction of sp³-hybridized carbons (Fsp3) is 1.00. The van der Waals surface area contributed by atoms with Crippen LogP contribution in [0.25, 0.3) is 0 Å². The molecule has 1 saturated heterocycles. The minimum absolute atomic E-state index is 0.133. The van der Waals surface area contributed by atoms with Gasteiger partial charge in [-0.1, -0.05) is 6.92 Å². The zero-order chi connectivity index (χ0) is 19.2. The smallest absolute Gasteiger partial charge is 0.186 e. The summed E-state index contributed by atoms with van der Waals surface area (Å²) in [5.41, 5.74) is -0.949. The summed E-state index contributed by atoms with van der Waals surface area (Å²) < 4.78 is 21.2. The van der Waals surface area contributed by atoms with E-state index < -0.39 is 55.1 Å². The van der Waals surface area contributed by atoms with Crippen LogP contribution in [0.15, 0.2) is 0 Å². The van der Waals surface area contributed by atoms with Gasteiger partial charge in [0.1, 0.15) is 30.5 Å². The van der Waals surface area contributed by atoms with Crippen LogP contribution in [0.2, 0.25) is 0 Å². The van der Waals surface area contributed by atoms with E-state index in [1.807, 2.05) is 0 Å². The lowest BCUT2D eigenvalue weighted by molar-refractivity contribution is -0.331. The molecule has 2 unspecified atom stereocenters. The topological polar surface area (TPSA) is 158 Å². The van der Waals surface area contributed by atoms with Crippen LogP contribution in [-0.2, 0) is 18.9 Å². The Bertz CT molecular complexity index is 373. The fourth-order valence-electron chi connectivity index (χ4n) is 2.29. The van der Waals surface area contributed by atoms with E-state index in [2.05, 4.69) is 0 Å². The lowest BCUT2D eigenvalue weighted by Gasteiger charge is -2.43. The van der Waals surface area contributed by atoms with Crippen molar-refractivity contribution in [1.29, 1.82) is 0 Å². The second kappa shape index (κ2) is 10.1. The summed E-state index contributed by atoms with van der Waals surface area (Å²) in [7, 11) is 1.28. The van der Waals surface area contributed by atoms with Gasteiger partial charge in [-0.15, -0.1) is 0 Å². The number of hydrogen-bond donors (Lipinski definition) is 6. The normalized spacial score (nSPS) is 33.2. The minimum Gasteiger partial charge on any atom is -0.396 e. The summed E-state index contributed by atoms with van der Waals surface area (Å²) in [5, 5.41) is 58.1. The monoisotopic (exact) mass is 370 g/mol. The molecule has 0 aromatic carbocycles. The number of aliphatic hydroxyl groups is 6. The second-order valence-corrected chi connectivity index (χ2v) is 6.59. The molecular formula is C15H30O10. The predicted octanol–water partition coefficient (Wildman–Crippen LogP) is -2.83. The van der Waals surface area contributed by atoms with Gasteiger partial charge >= 0.3 is 0 Å². The Morgan fingerprint density at radius 3 is 2.16 bits per heavy atom. The molecule has 0 aliphatic carbocycles. The first-order valence-electron chi connectivity index (χ1n) is 8.05. The number of aliphatic hydroxyl groups excluding tert-OH is 6. The maximum atomic E-state index is 10.2. The quantitative estimate of drug-likeness (QED) is 0.221. The molecule has 7 atom stereocenters. The standard InChI is InChI=1S/C15H30O10/c1-8(19)13(23-7-15(2,5-17)6-18)25-12-9(4-16)24-14(22-3)11(21)10(12)20/h8-14,16-21H,4-7H2,1-3H3/t8-,9-,10?,11?,12+,13-,14+/m0/s1. The minimum atomic E-state index is -1.46. The number of hydrogen-bond acceptors (Lipinski definition) is 10. The van der Waals surface area contributed by atoms with Gasteiger partial charge in [0.25, 0.3) is 0 Å². The Morgan fingerprint density at radius 1 is 1.12 bits per heavy atom. The van der Waals surface area contributed by atoms with Crippen molar-refractivity contribution in [3.63, 3.8) is 0 Å². The molecule has 0 aromatic heterocycles. The van der Waals surface area contributed by atoms with E-state index in [-0.39, 0.29) is 19.8 Å². The SMILES string of the molecule is CO[C@@H]1O[C@@H](CO)[C@@H](O[C@H](OCC(C)(CO)CO)[C@H](C)O)C(O)C1O. The fourth-order valence-corrected chi connectivity index (χ4v) is 2.29. The molecule has 1 heterocycles. The van der Waals surface area contributed by atoms with Gasteiger partial charge in [-0.2, -0.15) is 0 Å². The summed E-state index contributed by atoms with van der Waals surface area (Å²) in [6.07, 6.45) is -8.61. The van der Waals surface area contributed by atoms with Crippen LogP contribution in [0.3, 0.4) is 0 Å². The molecule has 1 rings (SSSR count). The molecule has 0 aromatic rings. The first-order chi connectivity index (χ1) is 11.7. The van der Waals surface area contributed by atoms with Crippen LogP contribution in [-0.4, -0.2) is 107 Å². The summed E-state index contributed by atoms with van der Waals surface area (Å²) >= 11 is 0. The van der Waals surface area contributed by atoms with Crippen molar-refractivity contribution in [3.05, 3.63) is 0 Å². The van der Waals surface area contributed by atoms with Crippen molar-refractivity contribution >= 4 is 0 Å². The summed E-state index contributed by atoms with van der Waals surface area (Å²) in [5.74, 6) is 0. The van der Waals surface area contributed by atoms with Crippen LogP contribution < -0.4 is 0 Å². The van der Waals surface area contributed by atoms with Crippen molar-refractivity contribution in [1.82, 2.24) is 0 Å². The van der Waals surface area contributed by atoms with E-state index in [1.54, 1.807) is 6.92 Å². The Kier molecular flexibility index (Phi) is 9.12. The maximum Gasteiger partial charge on any atom is 0.186 e. The third kappa shape index (κ3) is 5.79.